The molecule has 0 saturated carbocycles. The van der Waals surface area contributed by atoms with Crippen LogP contribution >= 0.6 is 0 Å². The molecule has 0 spiro atoms. The third-order valence-electron chi connectivity index (χ3n) is 5.48. The van der Waals surface area contributed by atoms with Gasteiger partial charge in [-0.05, 0) is 48.6 Å². The molecule has 3 aromatic rings. The number of fused-ring (bicyclic) bond motifs is 1. The number of methoxy groups -OCH3 is 1. The molecule has 0 amide bonds. The predicted octanol–water partition coefficient (Wildman–Crippen LogP) is 4.82. The number of hydrogen-bond donors (Lipinski definition) is 1. The number of benzene rings is 2. The third kappa shape index (κ3) is 3.67. The summed E-state index contributed by atoms with van der Waals surface area (Å²) in [5.41, 5.74) is 4.59. The SMILES string of the molecule is COc1ccccc1CN[C@H]1CC(C)(C)Cc2c1cnn2-c1ccc(F)cc1. The smallest absolute Gasteiger partial charge is 0.123 e. The molecular weight excluding hydrogens is 353 g/mol. The summed E-state index contributed by atoms with van der Waals surface area (Å²) in [5, 5.41) is 8.34. The Kier molecular flexibility index (Phi) is 4.94. The van der Waals surface area contributed by atoms with Crippen LogP contribution in [0.4, 0.5) is 4.39 Å². The molecule has 1 aliphatic carbocycles. The number of hydrogen-bond acceptors (Lipinski definition) is 3. The molecular formula is C23H26FN3O. The highest BCUT2D eigenvalue weighted by molar-refractivity contribution is 5.38. The van der Waals surface area contributed by atoms with Gasteiger partial charge in [-0.2, -0.15) is 5.10 Å². The quantitative estimate of drug-likeness (QED) is 0.691. The van der Waals surface area contributed by atoms with Gasteiger partial charge in [0, 0.05) is 29.4 Å². The van der Waals surface area contributed by atoms with Crippen LogP contribution in [0.25, 0.3) is 5.69 Å². The second-order valence-electron chi connectivity index (χ2n) is 8.23. The molecule has 0 aliphatic heterocycles. The normalized spacial score (nSPS) is 17.9. The zero-order valence-electron chi connectivity index (χ0n) is 16.6. The molecule has 2 aromatic carbocycles. The van der Waals surface area contributed by atoms with Gasteiger partial charge in [-0.15, -0.1) is 0 Å². The van der Waals surface area contributed by atoms with Gasteiger partial charge in [0.05, 0.1) is 19.0 Å². The van der Waals surface area contributed by atoms with Crippen LogP contribution in [0.5, 0.6) is 5.75 Å². The highest BCUT2D eigenvalue weighted by Crippen LogP contribution is 2.41. The minimum Gasteiger partial charge on any atom is -0.496 e. The molecule has 0 unspecified atom stereocenters. The van der Waals surface area contributed by atoms with Crippen molar-refractivity contribution in [1.29, 1.82) is 0 Å². The van der Waals surface area contributed by atoms with E-state index in [-0.39, 0.29) is 17.3 Å². The Morgan fingerprint density at radius 2 is 1.93 bits per heavy atom. The first-order valence-electron chi connectivity index (χ1n) is 9.65. The van der Waals surface area contributed by atoms with Gasteiger partial charge in [0.15, 0.2) is 0 Å². The Bertz CT molecular complexity index is 962. The van der Waals surface area contributed by atoms with Crippen LogP contribution in [0.2, 0.25) is 0 Å². The average Bonchev–Trinajstić information content (AvgIpc) is 3.09. The Labute approximate surface area is 165 Å². The summed E-state index contributed by atoms with van der Waals surface area (Å²) in [6.07, 6.45) is 3.92. The molecule has 0 radical (unpaired) electrons. The summed E-state index contributed by atoms with van der Waals surface area (Å²) in [6, 6.07) is 14.8. The molecule has 0 bridgehead atoms. The number of halogens is 1. The summed E-state index contributed by atoms with van der Waals surface area (Å²) < 4.78 is 20.8. The van der Waals surface area contributed by atoms with Crippen LogP contribution in [0.3, 0.4) is 0 Å². The lowest BCUT2D eigenvalue weighted by Gasteiger charge is -2.36. The van der Waals surface area contributed by atoms with Gasteiger partial charge >= 0.3 is 0 Å². The maximum atomic E-state index is 13.3. The monoisotopic (exact) mass is 379 g/mol. The van der Waals surface area contributed by atoms with E-state index < -0.39 is 0 Å². The van der Waals surface area contributed by atoms with Crippen molar-refractivity contribution in [3.63, 3.8) is 0 Å². The first-order valence-corrected chi connectivity index (χ1v) is 9.65. The second kappa shape index (κ2) is 7.40. The Morgan fingerprint density at radius 3 is 2.68 bits per heavy atom. The molecule has 4 nitrogen and oxygen atoms in total. The van der Waals surface area contributed by atoms with Gasteiger partial charge in [0.1, 0.15) is 11.6 Å². The molecule has 1 aromatic heterocycles. The van der Waals surface area contributed by atoms with Crippen molar-refractivity contribution in [2.24, 2.45) is 5.41 Å². The molecule has 146 valence electrons. The van der Waals surface area contributed by atoms with E-state index in [2.05, 4.69) is 30.3 Å². The third-order valence-corrected chi connectivity index (χ3v) is 5.48. The fourth-order valence-electron chi connectivity index (χ4n) is 4.11. The van der Waals surface area contributed by atoms with Crippen LogP contribution in [0, 0.1) is 11.2 Å². The van der Waals surface area contributed by atoms with Gasteiger partial charge in [0.2, 0.25) is 0 Å². The van der Waals surface area contributed by atoms with Gasteiger partial charge in [0.25, 0.3) is 0 Å². The summed E-state index contributed by atoms with van der Waals surface area (Å²) in [7, 11) is 1.70. The largest absolute Gasteiger partial charge is 0.496 e. The van der Waals surface area contributed by atoms with Gasteiger partial charge in [-0.1, -0.05) is 32.0 Å². The molecule has 0 saturated heterocycles. The van der Waals surface area contributed by atoms with Crippen molar-refractivity contribution in [3.05, 3.63) is 77.4 Å². The number of aromatic nitrogens is 2. The standard InChI is InChI=1S/C23H26FN3O/c1-23(2)12-20(25-14-16-6-4-5-7-22(16)28-3)19-15-26-27(21(19)13-23)18-10-8-17(24)9-11-18/h4-11,15,20,25H,12-14H2,1-3H3/t20-/m0/s1. The summed E-state index contributed by atoms with van der Waals surface area (Å²) in [4.78, 5) is 0. The fraction of sp³-hybridized carbons (Fsp3) is 0.348. The second-order valence-corrected chi connectivity index (χ2v) is 8.23. The number of nitrogens with zero attached hydrogens (tertiary/aromatic N) is 2. The highest BCUT2D eigenvalue weighted by Gasteiger charge is 2.35. The number of nitrogens with one attached hydrogen (secondary N) is 1. The van der Waals surface area contributed by atoms with Crippen LogP contribution in [0.15, 0.2) is 54.7 Å². The van der Waals surface area contributed by atoms with E-state index in [1.165, 1.54) is 23.4 Å². The van der Waals surface area contributed by atoms with E-state index in [9.17, 15) is 4.39 Å². The van der Waals surface area contributed by atoms with E-state index in [1.54, 1.807) is 19.2 Å². The van der Waals surface area contributed by atoms with Gasteiger partial charge < -0.3 is 10.1 Å². The topological polar surface area (TPSA) is 39.1 Å². The Hall–Kier alpha value is -2.66. The highest BCUT2D eigenvalue weighted by atomic mass is 19.1. The number of ether oxygens (including phenoxy) is 1. The van der Waals surface area contributed by atoms with E-state index in [0.29, 0.717) is 0 Å². The van der Waals surface area contributed by atoms with Crippen molar-refractivity contribution in [3.8, 4) is 11.4 Å². The molecule has 1 atom stereocenters. The summed E-state index contributed by atoms with van der Waals surface area (Å²) >= 11 is 0. The van der Waals surface area contributed by atoms with Crippen molar-refractivity contribution >= 4 is 0 Å². The molecule has 0 fully saturated rings. The van der Waals surface area contributed by atoms with E-state index in [0.717, 1.165) is 36.4 Å². The predicted molar refractivity (Wildman–Crippen MR) is 108 cm³/mol. The average molecular weight is 379 g/mol. The Morgan fingerprint density at radius 1 is 1.18 bits per heavy atom. The molecule has 5 heteroatoms. The van der Waals surface area contributed by atoms with E-state index in [4.69, 9.17) is 4.74 Å². The van der Waals surface area contributed by atoms with Crippen LogP contribution in [-0.4, -0.2) is 16.9 Å². The Balaban J connectivity index is 1.63. The first-order chi connectivity index (χ1) is 13.5. The molecule has 1 heterocycles. The lowest BCUT2D eigenvalue weighted by molar-refractivity contribution is 0.252. The van der Waals surface area contributed by atoms with Crippen LogP contribution in [0.1, 0.15) is 43.1 Å². The van der Waals surface area contributed by atoms with E-state index >= 15 is 0 Å². The minimum atomic E-state index is -0.235. The number of para-hydroxylation sites is 1. The van der Waals surface area contributed by atoms with Crippen LogP contribution < -0.4 is 10.1 Å². The summed E-state index contributed by atoms with van der Waals surface area (Å²) in [6.45, 7) is 5.30. The van der Waals surface area contributed by atoms with Crippen molar-refractivity contribution < 1.29 is 9.13 Å². The van der Waals surface area contributed by atoms with Crippen molar-refractivity contribution in [1.82, 2.24) is 15.1 Å². The minimum absolute atomic E-state index is 0.142. The maximum absolute atomic E-state index is 13.3. The molecule has 28 heavy (non-hydrogen) atoms. The molecule has 1 aliphatic rings. The number of rotatable bonds is 5. The zero-order valence-corrected chi connectivity index (χ0v) is 16.6. The lowest BCUT2D eigenvalue weighted by Crippen LogP contribution is -2.33. The van der Waals surface area contributed by atoms with Gasteiger partial charge in [-0.25, -0.2) is 9.07 Å². The van der Waals surface area contributed by atoms with Crippen molar-refractivity contribution in [2.75, 3.05) is 7.11 Å². The lowest BCUT2D eigenvalue weighted by atomic mass is 9.74. The fourth-order valence-corrected chi connectivity index (χ4v) is 4.11. The van der Waals surface area contributed by atoms with Crippen molar-refractivity contribution in [2.45, 2.75) is 39.3 Å². The van der Waals surface area contributed by atoms with Gasteiger partial charge in [-0.3, -0.25) is 0 Å². The first kappa shape index (κ1) is 18.7. The summed E-state index contributed by atoms with van der Waals surface area (Å²) in [5.74, 6) is 0.661. The zero-order chi connectivity index (χ0) is 19.7. The molecule has 1 N–H and O–H groups in total. The van der Waals surface area contributed by atoms with E-state index in [1.807, 2.05) is 29.1 Å². The van der Waals surface area contributed by atoms with Crippen LogP contribution in [-0.2, 0) is 13.0 Å². The maximum Gasteiger partial charge on any atom is 0.123 e. The molecule has 4 rings (SSSR count).